The molecule has 0 saturated carbocycles. The number of aryl methyl sites for hydroxylation is 1. The third kappa shape index (κ3) is 9.27. The van der Waals surface area contributed by atoms with Gasteiger partial charge in [-0.25, -0.2) is 0 Å². The van der Waals surface area contributed by atoms with Gasteiger partial charge in [-0.1, -0.05) is 119 Å². The Bertz CT molecular complexity index is 547. The summed E-state index contributed by atoms with van der Waals surface area (Å²) in [6, 6.07) is 19.7. The van der Waals surface area contributed by atoms with Crippen molar-refractivity contribution in [2.45, 2.75) is 77.6 Å². The normalized spacial score (nSPS) is 10.4. The van der Waals surface area contributed by atoms with Crippen LogP contribution < -0.4 is 0 Å². The van der Waals surface area contributed by atoms with Crippen LogP contribution in [0.1, 0.15) is 76.7 Å². The molecule has 2 aromatic rings. The van der Waals surface area contributed by atoms with E-state index in [9.17, 15) is 0 Å². The van der Waals surface area contributed by atoms with Gasteiger partial charge in [0.15, 0.2) is 0 Å². The molecule has 0 amide bonds. The van der Waals surface area contributed by atoms with E-state index in [2.05, 4.69) is 61.5 Å². The van der Waals surface area contributed by atoms with Crippen molar-refractivity contribution in [3.63, 3.8) is 0 Å². The standard InChI is InChI=1S/C24H34.Ca/c1-2-3-4-5-6-7-8-9-10-12-17-23-20-15-16-21-24(23)22-18-13-11-14-19-22;/h11,13-16,18-21H,2-10,12,17H2,1H3;. The first kappa shape index (κ1) is 22.7. The van der Waals surface area contributed by atoms with Crippen molar-refractivity contribution >= 4 is 37.7 Å². The zero-order valence-electron chi connectivity index (χ0n) is 16.2. The summed E-state index contributed by atoms with van der Waals surface area (Å²) < 4.78 is 0. The molecule has 0 fully saturated rings. The molecule has 25 heavy (non-hydrogen) atoms. The van der Waals surface area contributed by atoms with Gasteiger partial charge in [0.25, 0.3) is 0 Å². The predicted molar refractivity (Wildman–Crippen MR) is 113 cm³/mol. The summed E-state index contributed by atoms with van der Waals surface area (Å²) in [5, 5.41) is 0. The summed E-state index contributed by atoms with van der Waals surface area (Å²) in [6.45, 7) is 2.29. The van der Waals surface area contributed by atoms with Crippen LogP contribution in [-0.4, -0.2) is 37.7 Å². The quantitative estimate of drug-likeness (QED) is 0.272. The van der Waals surface area contributed by atoms with Crippen molar-refractivity contribution in [3.8, 4) is 11.1 Å². The first-order valence-corrected chi connectivity index (χ1v) is 10.0. The molecule has 2 radical (unpaired) electrons. The Labute approximate surface area is 185 Å². The molecule has 0 nitrogen and oxygen atoms in total. The van der Waals surface area contributed by atoms with Crippen LogP contribution in [-0.2, 0) is 6.42 Å². The summed E-state index contributed by atoms with van der Waals surface area (Å²) in [4.78, 5) is 0. The number of rotatable bonds is 12. The largest absolute Gasteiger partial charge is 0.0654 e. The molecule has 132 valence electrons. The molecule has 0 spiro atoms. The van der Waals surface area contributed by atoms with Crippen LogP contribution in [0.25, 0.3) is 11.1 Å². The number of hydrogen-bond donors (Lipinski definition) is 0. The maximum Gasteiger partial charge on any atom is 0 e. The van der Waals surface area contributed by atoms with E-state index < -0.39 is 0 Å². The number of benzene rings is 2. The van der Waals surface area contributed by atoms with Gasteiger partial charge in [0.05, 0.1) is 0 Å². The van der Waals surface area contributed by atoms with Gasteiger partial charge < -0.3 is 0 Å². The number of unbranched alkanes of at least 4 members (excludes halogenated alkanes) is 9. The molecule has 0 unspecified atom stereocenters. The fraction of sp³-hybridized carbons (Fsp3) is 0.500. The average molecular weight is 363 g/mol. The summed E-state index contributed by atoms with van der Waals surface area (Å²) in [5.41, 5.74) is 4.26. The summed E-state index contributed by atoms with van der Waals surface area (Å²) in [6.07, 6.45) is 15.3. The first-order valence-electron chi connectivity index (χ1n) is 10.0. The topological polar surface area (TPSA) is 0 Å². The first-order chi connectivity index (χ1) is 11.9. The van der Waals surface area contributed by atoms with Crippen LogP contribution in [0.2, 0.25) is 0 Å². The second kappa shape index (κ2) is 14.8. The second-order valence-corrected chi connectivity index (χ2v) is 6.96. The van der Waals surface area contributed by atoms with Crippen molar-refractivity contribution in [1.82, 2.24) is 0 Å². The minimum atomic E-state index is 0. The monoisotopic (exact) mass is 362 g/mol. The van der Waals surface area contributed by atoms with Crippen molar-refractivity contribution in [3.05, 3.63) is 60.2 Å². The summed E-state index contributed by atoms with van der Waals surface area (Å²) in [7, 11) is 0. The van der Waals surface area contributed by atoms with Crippen LogP contribution in [0.15, 0.2) is 54.6 Å². The zero-order chi connectivity index (χ0) is 16.9. The molecule has 0 atom stereocenters. The molecule has 0 aliphatic rings. The summed E-state index contributed by atoms with van der Waals surface area (Å²) in [5.74, 6) is 0. The van der Waals surface area contributed by atoms with E-state index >= 15 is 0 Å². The molecule has 0 bridgehead atoms. The minimum absolute atomic E-state index is 0. The van der Waals surface area contributed by atoms with Crippen molar-refractivity contribution in [1.29, 1.82) is 0 Å². The van der Waals surface area contributed by atoms with Gasteiger partial charge in [0.2, 0.25) is 0 Å². The fourth-order valence-corrected chi connectivity index (χ4v) is 3.44. The van der Waals surface area contributed by atoms with E-state index in [1.807, 2.05) is 0 Å². The van der Waals surface area contributed by atoms with E-state index in [4.69, 9.17) is 0 Å². The minimum Gasteiger partial charge on any atom is -0.0654 e. The van der Waals surface area contributed by atoms with Gasteiger partial charge in [-0.05, 0) is 29.5 Å². The van der Waals surface area contributed by atoms with E-state index in [1.165, 1.54) is 87.3 Å². The average Bonchev–Trinajstić information content (AvgIpc) is 2.64. The Balaban J connectivity index is 0.00000312. The molecule has 1 heteroatoms. The molecule has 0 heterocycles. The fourth-order valence-electron chi connectivity index (χ4n) is 3.44. The van der Waals surface area contributed by atoms with Crippen LogP contribution in [0, 0.1) is 0 Å². The third-order valence-corrected chi connectivity index (χ3v) is 4.90. The molecule has 0 aromatic heterocycles. The number of hydrogen-bond acceptors (Lipinski definition) is 0. The Morgan fingerprint density at radius 1 is 0.560 bits per heavy atom. The van der Waals surface area contributed by atoms with Gasteiger partial charge in [-0.3, -0.25) is 0 Å². The molecular formula is C24H34Ca. The van der Waals surface area contributed by atoms with Crippen LogP contribution >= 0.6 is 0 Å². The maximum atomic E-state index is 2.30. The molecule has 2 rings (SSSR count). The molecular weight excluding hydrogens is 328 g/mol. The van der Waals surface area contributed by atoms with E-state index in [1.54, 1.807) is 0 Å². The van der Waals surface area contributed by atoms with Crippen molar-refractivity contribution in [2.24, 2.45) is 0 Å². The maximum absolute atomic E-state index is 2.30. The van der Waals surface area contributed by atoms with E-state index in [0.29, 0.717) is 0 Å². The Kier molecular flexibility index (Phi) is 13.5. The van der Waals surface area contributed by atoms with Crippen molar-refractivity contribution < 1.29 is 0 Å². The molecule has 0 saturated heterocycles. The molecule has 2 aromatic carbocycles. The van der Waals surface area contributed by atoms with Crippen LogP contribution in [0.4, 0.5) is 0 Å². The van der Waals surface area contributed by atoms with E-state index in [0.717, 1.165) is 0 Å². The SMILES string of the molecule is CCCCCCCCCCCCc1ccccc1-c1ccccc1.[Ca]. The zero-order valence-corrected chi connectivity index (χ0v) is 18.4. The van der Waals surface area contributed by atoms with Gasteiger partial charge in [-0.15, -0.1) is 0 Å². The van der Waals surface area contributed by atoms with Crippen LogP contribution in [0.5, 0.6) is 0 Å². The Morgan fingerprint density at radius 3 is 1.72 bits per heavy atom. The smallest absolute Gasteiger partial charge is 0 e. The predicted octanol–water partition coefficient (Wildman–Crippen LogP) is 7.44. The Hall–Kier alpha value is -0.300. The van der Waals surface area contributed by atoms with Crippen molar-refractivity contribution in [2.75, 3.05) is 0 Å². The molecule has 0 N–H and O–H groups in total. The second-order valence-electron chi connectivity index (χ2n) is 6.96. The van der Waals surface area contributed by atoms with E-state index in [-0.39, 0.29) is 37.7 Å². The van der Waals surface area contributed by atoms with Gasteiger partial charge in [0.1, 0.15) is 0 Å². The van der Waals surface area contributed by atoms with Gasteiger partial charge >= 0.3 is 0 Å². The molecule has 0 aliphatic heterocycles. The van der Waals surface area contributed by atoms with Gasteiger partial charge in [0, 0.05) is 37.7 Å². The molecule has 0 aliphatic carbocycles. The van der Waals surface area contributed by atoms with Gasteiger partial charge in [-0.2, -0.15) is 0 Å². The Morgan fingerprint density at radius 2 is 1.08 bits per heavy atom. The summed E-state index contributed by atoms with van der Waals surface area (Å²) >= 11 is 0. The van der Waals surface area contributed by atoms with Crippen LogP contribution in [0.3, 0.4) is 0 Å². The third-order valence-electron chi connectivity index (χ3n) is 4.90.